The molecular formula is C12H17FeN2NaO8. The van der Waals surface area contributed by atoms with Crippen molar-refractivity contribution in [3.63, 3.8) is 0 Å². The third kappa shape index (κ3) is 21.1. The fourth-order valence-corrected chi connectivity index (χ4v) is 1.45. The molecule has 0 saturated carbocycles. The summed E-state index contributed by atoms with van der Waals surface area (Å²) in [5, 5.41) is 39.8. The van der Waals surface area contributed by atoms with Gasteiger partial charge in [0.2, 0.25) is 0 Å². The molecule has 0 aromatic carbocycles. The summed E-state index contributed by atoms with van der Waals surface area (Å²) in [5.74, 6) is -5.82. The molecule has 0 saturated heterocycles. The van der Waals surface area contributed by atoms with Crippen LogP contribution in [0, 0.1) is 0 Å². The summed E-state index contributed by atoms with van der Waals surface area (Å²) in [5.41, 5.74) is 0. The van der Waals surface area contributed by atoms with Crippen LogP contribution in [-0.2, 0) is 36.2 Å². The van der Waals surface area contributed by atoms with Gasteiger partial charge in [0.1, 0.15) is 0 Å². The van der Waals surface area contributed by atoms with Gasteiger partial charge in [-0.2, -0.15) is 0 Å². The predicted molar refractivity (Wildman–Crippen MR) is 66.8 cm³/mol. The van der Waals surface area contributed by atoms with E-state index in [-0.39, 0.29) is 59.7 Å². The SMILES string of the molecule is C=C.O=C([O-])CN(CCN(CC(=O)[O-])CC(=O)O)CC(=O)[O-].[Fe+2].[Na+]. The molecule has 132 valence electrons. The van der Waals surface area contributed by atoms with Crippen molar-refractivity contribution in [1.82, 2.24) is 9.80 Å². The first-order chi connectivity index (χ1) is 10.2. The Bertz CT molecular complexity index is 343. The maximum Gasteiger partial charge on any atom is 2.00 e. The van der Waals surface area contributed by atoms with Crippen LogP contribution in [0.1, 0.15) is 0 Å². The number of hydrogen-bond donors (Lipinski definition) is 1. The fraction of sp³-hybridized carbons (Fsp3) is 0.500. The second kappa shape index (κ2) is 18.4. The molecule has 0 amide bonds. The molecular weight excluding hydrogens is 379 g/mol. The molecule has 0 fully saturated rings. The molecule has 24 heavy (non-hydrogen) atoms. The van der Waals surface area contributed by atoms with E-state index in [4.69, 9.17) is 5.11 Å². The number of rotatable bonds is 11. The average Bonchev–Trinajstić information content (AvgIpc) is 2.35. The fourth-order valence-electron chi connectivity index (χ4n) is 1.45. The van der Waals surface area contributed by atoms with Crippen molar-refractivity contribution >= 4 is 23.9 Å². The molecule has 0 aromatic heterocycles. The Morgan fingerprint density at radius 1 is 0.750 bits per heavy atom. The van der Waals surface area contributed by atoms with Crippen molar-refractivity contribution in [2.24, 2.45) is 0 Å². The van der Waals surface area contributed by atoms with Gasteiger partial charge in [-0.15, -0.1) is 13.2 Å². The van der Waals surface area contributed by atoms with Crippen LogP contribution in [-0.4, -0.2) is 78.1 Å². The van der Waals surface area contributed by atoms with E-state index in [1.165, 1.54) is 0 Å². The maximum atomic E-state index is 10.5. The van der Waals surface area contributed by atoms with Crippen molar-refractivity contribution in [3.05, 3.63) is 13.2 Å². The Morgan fingerprint density at radius 3 is 1.21 bits per heavy atom. The van der Waals surface area contributed by atoms with Crippen LogP contribution in [0.2, 0.25) is 0 Å². The van der Waals surface area contributed by atoms with Gasteiger partial charge in [-0.1, -0.05) is 0 Å². The van der Waals surface area contributed by atoms with Crippen LogP contribution in [0.5, 0.6) is 0 Å². The number of carbonyl (C=O) groups is 4. The quantitative estimate of drug-likeness (QED) is 0.262. The molecule has 1 N–H and O–H groups in total. The monoisotopic (exact) mass is 396 g/mol. The Hall–Kier alpha value is -0.941. The Balaban J connectivity index is -0.000000480. The standard InChI is InChI=1S/C10H16N2O8.C2H4.Fe.Na/c13-7(14)3-11(4-8(15)16)1-2-12(5-9(17)18)6-10(19)20;1-2;;/h1-6H2,(H,13,14)(H,15,16)(H,17,18)(H,19,20);1-2H2;;/q;;+2;+1/p-3. The van der Waals surface area contributed by atoms with Crippen LogP contribution in [0.3, 0.4) is 0 Å². The van der Waals surface area contributed by atoms with E-state index < -0.39 is 50.1 Å². The zero-order valence-electron chi connectivity index (χ0n) is 13.2. The molecule has 12 heteroatoms. The van der Waals surface area contributed by atoms with Gasteiger partial charge in [-0.05, 0) is 0 Å². The van der Waals surface area contributed by atoms with E-state index in [0.717, 1.165) is 9.80 Å². The van der Waals surface area contributed by atoms with Gasteiger partial charge in [-0.3, -0.25) is 14.6 Å². The Morgan fingerprint density at radius 2 is 1.00 bits per heavy atom. The number of hydrogen-bond acceptors (Lipinski definition) is 9. The summed E-state index contributed by atoms with van der Waals surface area (Å²) in [6.45, 7) is 3.00. The Kier molecular flexibility index (Phi) is 23.7. The molecule has 0 unspecified atom stereocenters. The topological polar surface area (TPSA) is 164 Å². The molecule has 0 aliphatic carbocycles. The number of nitrogens with zero attached hydrogens (tertiary/aromatic N) is 2. The van der Waals surface area contributed by atoms with Gasteiger partial charge < -0.3 is 34.8 Å². The van der Waals surface area contributed by atoms with E-state index in [0.29, 0.717) is 0 Å². The maximum absolute atomic E-state index is 10.5. The van der Waals surface area contributed by atoms with E-state index in [2.05, 4.69) is 13.2 Å². The van der Waals surface area contributed by atoms with Gasteiger partial charge >= 0.3 is 52.6 Å². The molecule has 0 aliphatic rings. The van der Waals surface area contributed by atoms with Crippen LogP contribution in [0.4, 0.5) is 0 Å². The van der Waals surface area contributed by atoms with Crippen LogP contribution >= 0.6 is 0 Å². The first kappa shape index (κ1) is 30.9. The largest absolute Gasteiger partial charge is 2.00 e. The van der Waals surface area contributed by atoms with Crippen molar-refractivity contribution in [2.45, 2.75) is 0 Å². The summed E-state index contributed by atoms with van der Waals surface area (Å²) in [6.07, 6.45) is 0. The molecule has 10 nitrogen and oxygen atoms in total. The molecule has 0 rings (SSSR count). The molecule has 0 aliphatic heterocycles. The van der Waals surface area contributed by atoms with Crippen LogP contribution in [0.15, 0.2) is 13.2 Å². The second-order valence-corrected chi connectivity index (χ2v) is 3.93. The van der Waals surface area contributed by atoms with E-state index in [9.17, 15) is 34.5 Å². The van der Waals surface area contributed by atoms with Gasteiger partial charge in [0.05, 0.1) is 24.5 Å². The van der Waals surface area contributed by atoms with Crippen molar-refractivity contribution < 1.29 is 86.2 Å². The summed E-state index contributed by atoms with van der Waals surface area (Å²) in [7, 11) is 0. The van der Waals surface area contributed by atoms with E-state index >= 15 is 0 Å². The minimum atomic E-state index is -1.52. The number of aliphatic carboxylic acids is 4. The summed E-state index contributed by atoms with van der Waals surface area (Å²) >= 11 is 0. The zero-order valence-corrected chi connectivity index (χ0v) is 16.3. The number of carboxylic acid groups (broad SMARTS) is 4. The Labute approximate surface area is 171 Å². The third-order valence-electron chi connectivity index (χ3n) is 2.15. The number of carbonyl (C=O) groups excluding carboxylic acids is 3. The van der Waals surface area contributed by atoms with Gasteiger partial charge in [0.15, 0.2) is 0 Å². The first-order valence-corrected chi connectivity index (χ1v) is 5.96. The summed E-state index contributed by atoms with van der Waals surface area (Å²) in [4.78, 5) is 43.7. The summed E-state index contributed by atoms with van der Waals surface area (Å²) < 4.78 is 0. The first-order valence-electron chi connectivity index (χ1n) is 5.96. The van der Waals surface area contributed by atoms with Gasteiger partial charge in [0.25, 0.3) is 0 Å². The van der Waals surface area contributed by atoms with E-state index in [1.807, 2.05) is 0 Å². The average molecular weight is 396 g/mol. The molecule has 0 heterocycles. The van der Waals surface area contributed by atoms with Crippen molar-refractivity contribution in [3.8, 4) is 0 Å². The number of carboxylic acids is 4. The summed E-state index contributed by atoms with van der Waals surface area (Å²) in [6, 6.07) is 0. The van der Waals surface area contributed by atoms with Gasteiger partial charge in [-0.25, -0.2) is 0 Å². The third-order valence-corrected chi connectivity index (χ3v) is 2.15. The second-order valence-electron chi connectivity index (χ2n) is 3.93. The molecule has 0 bridgehead atoms. The molecule has 0 radical (unpaired) electrons. The van der Waals surface area contributed by atoms with Crippen molar-refractivity contribution in [1.29, 1.82) is 0 Å². The normalized spacial score (nSPS) is 9.08. The molecule has 0 spiro atoms. The molecule has 0 aromatic rings. The van der Waals surface area contributed by atoms with Crippen LogP contribution in [0.25, 0.3) is 0 Å². The van der Waals surface area contributed by atoms with Crippen LogP contribution < -0.4 is 44.9 Å². The smallest absolute Gasteiger partial charge is 0.549 e. The predicted octanol–water partition coefficient (Wildman–Crippen LogP) is -8.27. The minimum Gasteiger partial charge on any atom is -0.549 e. The minimum absolute atomic E-state index is 0. The van der Waals surface area contributed by atoms with Crippen molar-refractivity contribution in [2.75, 3.05) is 39.3 Å². The zero-order chi connectivity index (χ0) is 17.7. The van der Waals surface area contributed by atoms with E-state index in [1.54, 1.807) is 0 Å². The molecule has 0 atom stereocenters. The van der Waals surface area contributed by atoms with Gasteiger partial charge in [0, 0.05) is 32.7 Å².